The van der Waals surface area contributed by atoms with Crippen molar-refractivity contribution in [2.45, 2.75) is 13.0 Å². The number of aryl methyl sites for hydroxylation is 1. The highest BCUT2D eigenvalue weighted by Gasteiger charge is 2.16. The number of rotatable bonds is 0. The summed E-state index contributed by atoms with van der Waals surface area (Å²) in [5.41, 5.74) is 1.93. The molecule has 2 nitrogen and oxygen atoms in total. The van der Waals surface area contributed by atoms with E-state index in [2.05, 4.69) is 0 Å². The molecular weight excluding hydrogens is 152 g/mol. The summed E-state index contributed by atoms with van der Waals surface area (Å²) in [6, 6.07) is 5.74. The number of ether oxygens (including phenoxy) is 1. The smallest absolute Gasteiger partial charge is 0.132 e. The fraction of sp³-hybridized carbons (Fsp3) is 0.200. The molecule has 1 unspecified atom stereocenters. The summed E-state index contributed by atoms with van der Waals surface area (Å²) in [5.74, 6) is 0.755. The van der Waals surface area contributed by atoms with Crippen molar-refractivity contribution in [3.63, 3.8) is 0 Å². The molecule has 0 saturated heterocycles. The van der Waals surface area contributed by atoms with Crippen molar-refractivity contribution in [1.29, 1.82) is 0 Å². The average molecular weight is 162 g/mol. The maximum atomic E-state index is 9.58. The van der Waals surface area contributed by atoms with Crippen molar-refractivity contribution >= 4 is 0 Å². The van der Waals surface area contributed by atoms with Gasteiger partial charge in [0, 0.05) is 5.56 Å². The van der Waals surface area contributed by atoms with Gasteiger partial charge < -0.3 is 9.84 Å². The number of hydrogen-bond donors (Lipinski definition) is 1. The Morgan fingerprint density at radius 3 is 3.00 bits per heavy atom. The zero-order valence-corrected chi connectivity index (χ0v) is 6.82. The number of fused-ring (bicyclic) bond motifs is 1. The molecule has 1 aromatic carbocycles. The van der Waals surface area contributed by atoms with Crippen molar-refractivity contribution in [2.24, 2.45) is 0 Å². The van der Waals surface area contributed by atoms with Gasteiger partial charge in [-0.15, -0.1) is 0 Å². The summed E-state index contributed by atoms with van der Waals surface area (Å²) in [7, 11) is 0. The molecule has 12 heavy (non-hydrogen) atoms. The zero-order chi connectivity index (χ0) is 8.55. The molecule has 0 aromatic heterocycles. The van der Waals surface area contributed by atoms with E-state index >= 15 is 0 Å². The SMILES string of the molecule is Cc1cccc2c1C(O)C=CO2. The Bertz CT molecular complexity index is 329. The molecule has 0 fully saturated rings. The van der Waals surface area contributed by atoms with Crippen LogP contribution in [0.15, 0.2) is 30.5 Å². The van der Waals surface area contributed by atoms with Crippen LogP contribution in [0.3, 0.4) is 0 Å². The van der Waals surface area contributed by atoms with Gasteiger partial charge in [0.1, 0.15) is 11.9 Å². The minimum absolute atomic E-state index is 0.519. The predicted molar refractivity (Wildman–Crippen MR) is 45.9 cm³/mol. The van der Waals surface area contributed by atoms with E-state index in [0.717, 1.165) is 16.9 Å². The zero-order valence-electron chi connectivity index (χ0n) is 6.82. The molecule has 1 heterocycles. The summed E-state index contributed by atoms with van der Waals surface area (Å²) in [4.78, 5) is 0. The molecule has 62 valence electrons. The van der Waals surface area contributed by atoms with Crippen molar-refractivity contribution in [1.82, 2.24) is 0 Å². The lowest BCUT2D eigenvalue weighted by Crippen LogP contribution is -2.04. The van der Waals surface area contributed by atoms with Crippen LogP contribution in [0.25, 0.3) is 0 Å². The summed E-state index contributed by atoms with van der Waals surface area (Å²) in [6.07, 6.45) is 2.64. The standard InChI is InChI=1S/C10H10O2/c1-7-3-2-4-9-10(7)8(11)5-6-12-9/h2-6,8,11H,1H3. The Kier molecular flexibility index (Phi) is 1.62. The molecule has 0 amide bonds. The normalized spacial score (nSPS) is 20.0. The molecule has 0 spiro atoms. The Morgan fingerprint density at radius 2 is 2.25 bits per heavy atom. The van der Waals surface area contributed by atoms with Crippen LogP contribution in [-0.4, -0.2) is 5.11 Å². The lowest BCUT2D eigenvalue weighted by atomic mass is 10.0. The molecule has 2 heteroatoms. The van der Waals surface area contributed by atoms with Gasteiger partial charge in [0.25, 0.3) is 0 Å². The van der Waals surface area contributed by atoms with Crippen LogP contribution in [0.5, 0.6) is 5.75 Å². The average Bonchev–Trinajstić information content (AvgIpc) is 2.04. The summed E-state index contributed by atoms with van der Waals surface area (Å²) in [5, 5.41) is 9.58. The first-order valence-electron chi connectivity index (χ1n) is 3.90. The van der Waals surface area contributed by atoms with Crippen LogP contribution in [0.2, 0.25) is 0 Å². The quantitative estimate of drug-likeness (QED) is 0.631. The van der Waals surface area contributed by atoms with Gasteiger partial charge in [0.15, 0.2) is 0 Å². The van der Waals surface area contributed by atoms with E-state index in [-0.39, 0.29) is 0 Å². The topological polar surface area (TPSA) is 29.5 Å². The lowest BCUT2D eigenvalue weighted by Gasteiger charge is -2.18. The molecule has 1 aliphatic rings. The van der Waals surface area contributed by atoms with Gasteiger partial charge in [-0.3, -0.25) is 0 Å². The largest absolute Gasteiger partial charge is 0.465 e. The highest BCUT2D eigenvalue weighted by molar-refractivity contribution is 5.44. The van der Waals surface area contributed by atoms with Crippen LogP contribution in [-0.2, 0) is 0 Å². The van der Waals surface area contributed by atoms with Crippen LogP contribution >= 0.6 is 0 Å². The highest BCUT2D eigenvalue weighted by atomic mass is 16.5. The van der Waals surface area contributed by atoms with Crippen LogP contribution in [0.1, 0.15) is 17.2 Å². The molecule has 0 aliphatic carbocycles. The van der Waals surface area contributed by atoms with E-state index < -0.39 is 6.10 Å². The molecular formula is C10H10O2. The second-order valence-corrected chi connectivity index (χ2v) is 2.88. The van der Waals surface area contributed by atoms with Crippen molar-refractivity contribution in [2.75, 3.05) is 0 Å². The van der Waals surface area contributed by atoms with Gasteiger partial charge >= 0.3 is 0 Å². The van der Waals surface area contributed by atoms with Crippen LogP contribution in [0, 0.1) is 6.92 Å². The van der Waals surface area contributed by atoms with E-state index in [0.29, 0.717) is 0 Å². The first-order valence-corrected chi connectivity index (χ1v) is 3.90. The molecule has 1 aliphatic heterocycles. The second kappa shape index (κ2) is 2.64. The Hall–Kier alpha value is -1.28. The van der Waals surface area contributed by atoms with E-state index in [1.165, 1.54) is 6.26 Å². The fourth-order valence-corrected chi connectivity index (χ4v) is 1.42. The summed E-state index contributed by atoms with van der Waals surface area (Å²) < 4.78 is 5.23. The predicted octanol–water partition coefficient (Wildman–Crippen LogP) is 1.93. The van der Waals surface area contributed by atoms with Gasteiger partial charge in [0.05, 0.1) is 6.26 Å². The molecule has 1 aromatic rings. The molecule has 0 saturated carbocycles. The van der Waals surface area contributed by atoms with E-state index in [1.54, 1.807) is 6.08 Å². The van der Waals surface area contributed by atoms with Crippen LogP contribution < -0.4 is 4.74 Å². The third-order valence-corrected chi connectivity index (χ3v) is 2.04. The first-order chi connectivity index (χ1) is 5.79. The number of aliphatic hydroxyl groups excluding tert-OH is 1. The maximum absolute atomic E-state index is 9.58. The monoisotopic (exact) mass is 162 g/mol. The number of aliphatic hydroxyl groups is 1. The minimum Gasteiger partial charge on any atom is -0.465 e. The summed E-state index contributed by atoms with van der Waals surface area (Å²) >= 11 is 0. The molecule has 0 bridgehead atoms. The third-order valence-electron chi connectivity index (χ3n) is 2.04. The van der Waals surface area contributed by atoms with E-state index in [9.17, 15) is 5.11 Å². The van der Waals surface area contributed by atoms with E-state index in [1.807, 2.05) is 25.1 Å². The fourth-order valence-electron chi connectivity index (χ4n) is 1.42. The van der Waals surface area contributed by atoms with Gasteiger partial charge in [-0.05, 0) is 24.6 Å². The maximum Gasteiger partial charge on any atom is 0.132 e. The Morgan fingerprint density at radius 1 is 1.42 bits per heavy atom. The van der Waals surface area contributed by atoms with E-state index in [4.69, 9.17) is 4.74 Å². The first kappa shape index (κ1) is 7.37. The van der Waals surface area contributed by atoms with Crippen molar-refractivity contribution in [3.8, 4) is 5.75 Å². The van der Waals surface area contributed by atoms with Gasteiger partial charge in [-0.1, -0.05) is 12.1 Å². The minimum atomic E-state index is -0.519. The number of hydrogen-bond acceptors (Lipinski definition) is 2. The molecule has 1 N–H and O–H groups in total. The number of benzene rings is 1. The molecule has 2 rings (SSSR count). The second-order valence-electron chi connectivity index (χ2n) is 2.88. The van der Waals surface area contributed by atoms with Gasteiger partial charge in [-0.2, -0.15) is 0 Å². The molecule has 0 radical (unpaired) electrons. The van der Waals surface area contributed by atoms with Crippen molar-refractivity contribution < 1.29 is 9.84 Å². The van der Waals surface area contributed by atoms with Crippen molar-refractivity contribution in [3.05, 3.63) is 41.7 Å². The third kappa shape index (κ3) is 1.01. The van der Waals surface area contributed by atoms with Crippen LogP contribution in [0.4, 0.5) is 0 Å². The summed E-state index contributed by atoms with van der Waals surface area (Å²) in [6.45, 7) is 1.96. The highest BCUT2D eigenvalue weighted by Crippen LogP contribution is 2.32. The Labute approximate surface area is 71.1 Å². The van der Waals surface area contributed by atoms with Gasteiger partial charge in [0.2, 0.25) is 0 Å². The van der Waals surface area contributed by atoms with Gasteiger partial charge in [-0.25, -0.2) is 0 Å². The Balaban J connectivity index is 2.58. The molecule has 1 atom stereocenters. The lowest BCUT2D eigenvalue weighted by molar-refractivity contribution is 0.212.